The minimum atomic E-state index is -4.34. The monoisotopic (exact) mass is 560 g/mol. The van der Waals surface area contributed by atoms with Gasteiger partial charge in [0.15, 0.2) is 15.1 Å². The van der Waals surface area contributed by atoms with Gasteiger partial charge in [-0.15, -0.1) is 5.10 Å². The second-order valence-electron chi connectivity index (χ2n) is 7.90. The number of anilines is 1. The smallest absolute Gasteiger partial charge is 0.322 e. The van der Waals surface area contributed by atoms with Crippen molar-refractivity contribution in [3.8, 4) is 0 Å². The molecular weight excluding hydrogens is 543 g/mol. The fraction of sp³-hybridized carbons (Fsp3) is 0.125. The molecule has 3 aromatic carbocycles. The second kappa shape index (κ2) is 10.7. The molecule has 190 valence electrons. The van der Waals surface area contributed by atoms with E-state index in [4.69, 9.17) is 23.2 Å². The molecule has 1 unspecified atom stereocenters. The number of halogens is 2. The quantitative estimate of drug-likeness (QED) is 0.331. The Morgan fingerprint density at radius 2 is 1.70 bits per heavy atom. The summed E-state index contributed by atoms with van der Waals surface area (Å²) in [4.78, 5) is 36.7. The van der Waals surface area contributed by atoms with Crippen LogP contribution in [0.1, 0.15) is 16.8 Å². The standard InChI is InChI=1S/C24H18Cl2N4O6S/c25-18-10-5-14(13-19(18)26)22(31)27-15-6-8-16(9-7-15)37(35,36)21(24(33)34)11-12-30-23(32)17-3-1-2-4-20(17)28-29-30/h1-10,13,21H,11-12H2,(H,27,31)(H,33,34). The third-order valence-corrected chi connectivity index (χ3v) is 8.36. The first kappa shape index (κ1) is 26.3. The van der Waals surface area contributed by atoms with E-state index < -0.39 is 38.9 Å². The average molecular weight is 561 g/mol. The maximum absolute atomic E-state index is 13.1. The third kappa shape index (κ3) is 5.63. The summed E-state index contributed by atoms with van der Waals surface area (Å²) in [6, 6.07) is 15.9. The Balaban J connectivity index is 1.51. The number of benzene rings is 3. The van der Waals surface area contributed by atoms with Gasteiger partial charge < -0.3 is 10.4 Å². The van der Waals surface area contributed by atoms with Gasteiger partial charge in [0.1, 0.15) is 5.52 Å². The van der Waals surface area contributed by atoms with Crippen LogP contribution in [0.15, 0.2) is 76.4 Å². The van der Waals surface area contributed by atoms with Crippen LogP contribution >= 0.6 is 23.2 Å². The van der Waals surface area contributed by atoms with Gasteiger partial charge in [-0.05, 0) is 61.0 Å². The minimum absolute atomic E-state index is 0.201. The first-order valence-electron chi connectivity index (χ1n) is 10.7. The summed E-state index contributed by atoms with van der Waals surface area (Å²) in [6.45, 7) is -0.273. The lowest BCUT2D eigenvalue weighted by Crippen LogP contribution is -2.34. The van der Waals surface area contributed by atoms with E-state index in [1.165, 1.54) is 42.5 Å². The van der Waals surface area contributed by atoms with Crippen LogP contribution in [-0.2, 0) is 21.2 Å². The topological polar surface area (TPSA) is 148 Å². The number of carbonyl (C=O) groups excluding carboxylic acids is 1. The van der Waals surface area contributed by atoms with E-state index >= 15 is 0 Å². The Hall–Kier alpha value is -3.80. The Morgan fingerprint density at radius 1 is 1.00 bits per heavy atom. The molecule has 0 saturated carbocycles. The number of amides is 1. The van der Waals surface area contributed by atoms with Crippen molar-refractivity contribution in [3.05, 3.63) is 92.7 Å². The number of carboxylic acids is 1. The van der Waals surface area contributed by atoms with Crippen molar-refractivity contribution in [1.29, 1.82) is 0 Å². The zero-order valence-electron chi connectivity index (χ0n) is 18.8. The van der Waals surface area contributed by atoms with Gasteiger partial charge in [-0.2, -0.15) is 0 Å². The van der Waals surface area contributed by atoms with E-state index in [1.807, 2.05) is 0 Å². The van der Waals surface area contributed by atoms with Crippen LogP contribution in [-0.4, -0.2) is 45.6 Å². The first-order valence-corrected chi connectivity index (χ1v) is 13.0. The van der Waals surface area contributed by atoms with Crippen LogP contribution in [0.3, 0.4) is 0 Å². The van der Waals surface area contributed by atoms with Crippen molar-refractivity contribution >= 4 is 61.5 Å². The number of aromatic nitrogens is 3. The van der Waals surface area contributed by atoms with E-state index in [1.54, 1.807) is 24.3 Å². The summed E-state index contributed by atoms with van der Waals surface area (Å²) >= 11 is 11.8. The fourth-order valence-corrected chi connectivity index (χ4v) is 5.38. The highest BCUT2D eigenvalue weighted by atomic mass is 35.5. The molecule has 2 N–H and O–H groups in total. The molecule has 37 heavy (non-hydrogen) atoms. The largest absolute Gasteiger partial charge is 0.480 e. The number of nitrogens with one attached hydrogen (secondary N) is 1. The van der Waals surface area contributed by atoms with Crippen molar-refractivity contribution in [2.75, 3.05) is 5.32 Å². The van der Waals surface area contributed by atoms with Crippen molar-refractivity contribution in [2.45, 2.75) is 23.1 Å². The normalized spacial score (nSPS) is 12.3. The molecule has 10 nitrogen and oxygen atoms in total. The molecule has 1 atom stereocenters. The van der Waals surface area contributed by atoms with Crippen LogP contribution in [0.25, 0.3) is 10.9 Å². The zero-order valence-corrected chi connectivity index (χ0v) is 21.2. The van der Waals surface area contributed by atoms with Crippen LogP contribution in [0.4, 0.5) is 5.69 Å². The number of aryl methyl sites for hydroxylation is 1. The lowest BCUT2D eigenvalue weighted by molar-refractivity contribution is -0.136. The molecule has 0 spiro atoms. The van der Waals surface area contributed by atoms with Gasteiger partial charge in [-0.25, -0.2) is 13.1 Å². The van der Waals surface area contributed by atoms with E-state index in [0.29, 0.717) is 10.5 Å². The molecule has 0 bridgehead atoms. The summed E-state index contributed by atoms with van der Waals surface area (Å²) in [6.07, 6.45) is -0.416. The number of carboxylic acid groups (broad SMARTS) is 1. The lowest BCUT2D eigenvalue weighted by atomic mass is 10.2. The Bertz CT molecular complexity index is 1670. The second-order valence-corrected chi connectivity index (χ2v) is 10.8. The van der Waals surface area contributed by atoms with Crippen LogP contribution in [0.5, 0.6) is 0 Å². The zero-order chi connectivity index (χ0) is 26.7. The van der Waals surface area contributed by atoms with Gasteiger partial charge in [-0.1, -0.05) is 40.5 Å². The average Bonchev–Trinajstić information content (AvgIpc) is 2.87. The van der Waals surface area contributed by atoms with E-state index in [2.05, 4.69) is 15.6 Å². The molecular formula is C24H18Cl2N4O6S. The number of rotatable bonds is 8. The van der Waals surface area contributed by atoms with Gasteiger partial charge in [-0.3, -0.25) is 14.4 Å². The van der Waals surface area contributed by atoms with E-state index in [0.717, 1.165) is 4.68 Å². The molecule has 13 heteroatoms. The van der Waals surface area contributed by atoms with Gasteiger partial charge >= 0.3 is 5.97 Å². The molecule has 0 aliphatic rings. The molecule has 4 aromatic rings. The molecule has 1 aromatic heterocycles. The maximum Gasteiger partial charge on any atom is 0.322 e. The van der Waals surface area contributed by atoms with Crippen molar-refractivity contribution < 1.29 is 23.1 Å². The molecule has 1 heterocycles. The number of fused-ring (bicyclic) bond motifs is 1. The maximum atomic E-state index is 13.1. The third-order valence-electron chi connectivity index (χ3n) is 5.50. The van der Waals surface area contributed by atoms with Crippen LogP contribution in [0, 0.1) is 0 Å². The van der Waals surface area contributed by atoms with Gasteiger partial charge in [0, 0.05) is 17.8 Å². The number of carbonyl (C=O) groups is 2. The predicted molar refractivity (Wildman–Crippen MR) is 138 cm³/mol. The Morgan fingerprint density at radius 3 is 2.38 bits per heavy atom. The number of hydrogen-bond donors (Lipinski definition) is 2. The van der Waals surface area contributed by atoms with Crippen LogP contribution in [0.2, 0.25) is 10.0 Å². The molecule has 0 radical (unpaired) electrons. The van der Waals surface area contributed by atoms with Gasteiger partial charge in [0.05, 0.1) is 20.3 Å². The number of hydrogen-bond acceptors (Lipinski definition) is 7. The van der Waals surface area contributed by atoms with Crippen molar-refractivity contribution in [3.63, 3.8) is 0 Å². The first-order chi connectivity index (χ1) is 17.6. The van der Waals surface area contributed by atoms with Gasteiger partial charge in [0.2, 0.25) is 0 Å². The van der Waals surface area contributed by atoms with E-state index in [9.17, 15) is 27.9 Å². The highest BCUT2D eigenvalue weighted by Gasteiger charge is 2.34. The fourth-order valence-electron chi connectivity index (χ4n) is 3.55. The molecule has 1 amide bonds. The summed E-state index contributed by atoms with van der Waals surface area (Å²) in [5.41, 5.74) is 0.385. The highest BCUT2D eigenvalue weighted by Crippen LogP contribution is 2.24. The Labute approximate surface area is 220 Å². The van der Waals surface area contributed by atoms with Crippen molar-refractivity contribution in [1.82, 2.24) is 15.0 Å². The van der Waals surface area contributed by atoms with Crippen molar-refractivity contribution in [2.24, 2.45) is 0 Å². The molecule has 0 fully saturated rings. The summed E-state index contributed by atoms with van der Waals surface area (Å²) < 4.78 is 27.1. The number of aliphatic carboxylic acids is 1. The lowest BCUT2D eigenvalue weighted by Gasteiger charge is -2.14. The van der Waals surface area contributed by atoms with Crippen LogP contribution < -0.4 is 10.9 Å². The molecule has 0 saturated heterocycles. The Kier molecular flexibility index (Phi) is 7.58. The summed E-state index contributed by atoms with van der Waals surface area (Å²) in [5, 5.41) is 18.9. The molecule has 4 rings (SSSR count). The molecule has 0 aliphatic carbocycles. The summed E-state index contributed by atoms with van der Waals surface area (Å²) in [5.74, 6) is -2.07. The van der Waals surface area contributed by atoms with Gasteiger partial charge in [0.25, 0.3) is 11.5 Å². The minimum Gasteiger partial charge on any atom is -0.480 e. The number of sulfone groups is 1. The number of nitrogens with zero attached hydrogens (tertiary/aromatic N) is 3. The van der Waals surface area contributed by atoms with E-state index in [-0.39, 0.29) is 33.1 Å². The SMILES string of the molecule is O=C(Nc1ccc(S(=O)(=O)C(CCn2nnc3ccccc3c2=O)C(=O)O)cc1)c1ccc(Cl)c(Cl)c1. The predicted octanol–water partition coefficient (Wildman–Crippen LogP) is 3.67. The highest BCUT2D eigenvalue weighted by molar-refractivity contribution is 7.92. The summed E-state index contributed by atoms with van der Waals surface area (Å²) in [7, 11) is -4.34. The molecule has 0 aliphatic heterocycles.